The third-order valence-electron chi connectivity index (χ3n) is 3.27. The van der Waals surface area contributed by atoms with E-state index in [9.17, 15) is 13.5 Å². The fourth-order valence-corrected chi connectivity index (χ4v) is 4.26. The summed E-state index contributed by atoms with van der Waals surface area (Å²) in [6.07, 6.45) is 2.22. The van der Waals surface area contributed by atoms with Gasteiger partial charge in [0.25, 0.3) is 0 Å². The molecule has 1 aliphatic heterocycles. The lowest BCUT2D eigenvalue weighted by Crippen LogP contribution is -2.13. The van der Waals surface area contributed by atoms with Crippen molar-refractivity contribution in [3.8, 4) is 0 Å². The molecule has 0 radical (unpaired) electrons. The maximum Gasteiger partial charge on any atom is 0.150 e. The molecule has 1 aromatic heterocycles. The first-order chi connectivity index (χ1) is 8.02. The van der Waals surface area contributed by atoms with Crippen LogP contribution in [0.3, 0.4) is 0 Å². The van der Waals surface area contributed by atoms with E-state index in [0.29, 0.717) is 19.4 Å². The summed E-state index contributed by atoms with van der Waals surface area (Å²) in [6.45, 7) is 2.67. The number of sulfone groups is 1. The fourth-order valence-electron chi connectivity index (χ4n) is 2.38. The van der Waals surface area contributed by atoms with Crippen LogP contribution in [0.1, 0.15) is 31.6 Å². The molecule has 0 aromatic carbocycles. The Labute approximate surface area is 101 Å². The highest BCUT2D eigenvalue weighted by Crippen LogP contribution is 2.28. The Balaban J connectivity index is 2.00. The minimum atomic E-state index is -2.86. The molecule has 96 valence electrons. The summed E-state index contributed by atoms with van der Waals surface area (Å²) in [5, 5.41) is 14.2. The second-order valence-corrected chi connectivity index (χ2v) is 6.82. The van der Waals surface area contributed by atoms with Crippen LogP contribution >= 0.6 is 0 Å². The number of nitrogens with zero attached hydrogens (tertiary/aromatic N) is 2. The maximum absolute atomic E-state index is 11.3. The van der Waals surface area contributed by atoms with Crippen LogP contribution in [0.4, 0.5) is 0 Å². The number of hydrogen-bond donors (Lipinski definition) is 1. The Kier molecular flexibility index (Phi) is 3.53. The van der Waals surface area contributed by atoms with Gasteiger partial charge in [-0.25, -0.2) is 8.42 Å². The van der Waals surface area contributed by atoms with Gasteiger partial charge in [0.15, 0.2) is 9.84 Å². The van der Waals surface area contributed by atoms with Crippen LogP contribution in [0, 0.1) is 5.92 Å². The molecular weight excluding hydrogens is 240 g/mol. The molecule has 1 fully saturated rings. The molecule has 2 unspecified atom stereocenters. The zero-order valence-corrected chi connectivity index (χ0v) is 10.7. The van der Waals surface area contributed by atoms with Gasteiger partial charge in [-0.3, -0.25) is 4.68 Å². The standard InChI is InChI=1S/C11H18N2O3S/c1-2-13-10(3-5-12-13)11(14)7-9-4-6-17(15,16)8-9/h3,5,9,11,14H,2,4,6-8H2,1H3. The lowest BCUT2D eigenvalue weighted by Gasteiger charge is -2.15. The lowest BCUT2D eigenvalue weighted by molar-refractivity contribution is 0.138. The largest absolute Gasteiger partial charge is 0.387 e. The summed E-state index contributed by atoms with van der Waals surface area (Å²) in [4.78, 5) is 0. The lowest BCUT2D eigenvalue weighted by atomic mass is 9.99. The average molecular weight is 258 g/mol. The molecule has 0 amide bonds. The van der Waals surface area contributed by atoms with Crippen molar-refractivity contribution >= 4 is 9.84 Å². The summed E-state index contributed by atoms with van der Waals surface area (Å²) >= 11 is 0. The number of aliphatic hydroxyl groups excluding tert-OH is 1. The monoisotopic (exact) mass is 258 g/mol. The molecule has 5 nitrogen and oxygen atoms in total. The summed E-state index contributed by atoms with van der Waals surface area (Å²) in [5.41, 5.74) is 0.775. The van der Waals surface area contributed by atoms with Crippen molar-refractivity contribution in [3.63, 3.8) is 0 Å². The molecule has 2 heterocycles. The zero-order valence-electron chi connectivity index (χ0n) is 9.91. The highest BCUT2D eigenvalue weighted by molar-refractivity contribution is 7.91. The molecule has 0 bridgehead atoms. The number of aromatic nitrogens is 2. The SMILES string of the molecule is CCn1nccc1C(O)CC1CCS(=O)(=O)C1. The van der Waals surface area contributed by atoms with Crippen LogP contribution in [-0.4, -0.2) is 34.8 Å². The topological polar surface area (TPSA) is 72.2 Å². The van der Waals surface area contributed by atoms with Gasteiger partial charge in [0.05, 0.1) is 23.3 Å². The molecule has 0 aliphatic carbocycles. The first-order valence-corrected chi connectivity index (χ1v) is 7.74. The van der Waals surface area contributed by atoms with Crippen LogP contribution in [0.2, 0.25) is 0 Å². The van der Waals surface area contributed by atoms with E-state index in [2.05, 4.69) is 5.10 Å². The third kappa shape index (κ3) is 2.87. The summed E-state index contributed by atoms with van der Waals surface area (Å²) in [6, 6.07) is 1.79. The molecule has 0 spiro atoms. The van der Waals surface area contributed by atoms with Gasteiger partial charge in [-0.1, -0.05) is 0 Å². The second kappa shape index (κ2) is 4.78. The molecular formula is C11H18N2O3S. The third-order valence-corrected chi connectivity index (χ3v) is 5.11. The molecule has 2 rings (SSSR count). The van der Waals surface area contributed by atoms with Crippen molar-refractivity contribution in [1.82, 2.24) is 9.78 Å². The number of hydrogen-bond acceptors (Lipinski definition) is 4. The van der Waals surface area contributed by atoms with Gasteiger partial charge >= 0.3 is 0 Å². The number of aliphatic hydroxyl groups is 1. The first-order valence-electron chi connectivity index (χ1n) is 5.92. The summed E-state index contributed by atoms with van der Waals surface area (Å²) in [7, 11) is -2.86. The molecule has 0 saturated carbocycles. The van der Waals surface area contributed by atoms with Gasteiger partial charge in [0.2, 0.25) is 0 Å². The van der Waals surface area contributed by atoms with Crippen molar-refractivity contribution in [2.75, 3.05) is 11.5 Å². The van der Waals surface area contributed by atoms with Crippen molar-refractivity contribution in [2.24, 2.45) is 5.92 Å². The van der Waals surface area contributed by atoms with Gasteiger partial charge < -0.3 is 5.11 Å². The van der Waals surface area contributed by atoms with E-state index in [1.165, 1.54) is 0 Å². The van der Waals surface area contributed by atoms with Crippen LogP contribution in [-0.2, 0) is 16.4 Å². The van der Waals surface area contributed by atoms with Gasteiger partial charge in [-0.2, -0.15) is 5.10 Å². The van der Waals surface area contributed by atoms with E-state index in [-0.39, 0.29) is 17.4 Å². The molecule has 17 heavy (non-hydrogen) atoms. The Morgan fingerprint density at radius 2 is 2.41 bits per heavy atom. The van der Waals surface area contributed by atoms with E-state index < -0.39 is 15.9 Å². The predicted molar refractivity (Wildman–Crippen MR) is 64.2 cm³/mol. The average Bonchev–Trinajstić information content (AvgIpc) is 2.84. The fraction of sp³-hybridized carbons (Fsp3) is 0.727. The number of aryl methyl sites for hydroxylation is 1. The van der Waals surface area contributed by atoms with Crippen LogP contribution < -0.4 is 0 Å². The highest BCUT2D eigenvalue weighted by atomic mass is 32.2. The van der Waals surface area contributed by atoms with Crippen molar-refractivity contribution in [2.45, 2.75) is 32.4 Å². The van der Waals surface area contributed by atoms with Crippen LogP contribution in [0.15, 0.2) is 12.3 Å². The Hall–Kier alpha value is -0.880. The van der Waals surface area contributed by atoms with E-state index >= 15 is 0 Å². The van der Waals surface area contributed by atoms with Gasteiger partial charge in [0.1, 0.15) is 0 Å². The molecule has 1 aromatic rings. The zero-order chi connectivity index (χ0) is 12.5. The first kappa shape index (κ1) is 12.6. The normalized spacial score (nSPS) is 24.9. The van der Waals surface area contributed by atoms with E-state index in [1.807, 2.05) is 6.92 Å². The van der Waals surface area contributed by atoms with Crippen LogP contribution in [0.5, 0.6) is 0 Å². The van der Waals surface area contributed by atoms with Gasteiger partial charge in [0, 0.05) is 12.7 Å². The highest BCUT2D eigenvalue weighted by Gasteiger charge is 2.30. The molecule has 1 N–H and O–H groups in total. The quantitative estimate of drug-likeness (QED) is 0.865. The van der Waals surface area contributed by atoms with Crippen molar-refractivity contribution < 1.29 is 13.5 Å². The van der Waals surface area contributed by atoms with E-state index in [0.717, 1.165) is 5.69 Å². The molecule has 6 heteroatoms. The molecule has 1 saturated heterocycles. The van der Waals surface area contributed by atoms with Crippen LogP contribution in [0.25, 0.3) is 0 Å². The van der Waals surface area contributed by atoms with Crippen molar-refractivity contribution in [3.05, 3.63) is 18.0 Å². The van der Waals surface area contributed by atoms with Gasteiger partial charge in [-0.05, 0) is 31.7 Å². The molecule has 2 atom stereocenters. The minimum Gasteiger partial charge on any atom is -0.387 e. The summed E-state index contributed by atoms with van der Waals surface area (Å²) < 4.78 is 24.4. The number of rotatable bonds is 4. The minimum absolute atomic E-state index is 0.0789. The maximum atomic E-state index is 11.3. The predicted octanol–water partition coefficient (Wildman–Crippen LogP) is 0.761. The Bertz CT molecular complexity index is 481. The van der Waals surface area contributed by atoms with Gasteiger partial charge in [-0.15, -0.1) is 0 Å². The smallest absolute Gasteiger partial charge is 0.150 e. The Morgan fingerprint density at radius 3 is 3.00 bits per heavy atom. The summed E-state index contributed by atoms with van der Waals surface area (Å²) in [5.74, 6) is 0.553. The molecule has 1 aliphatic rings. The van der Waals surface area contributed by atoms with E-state index in [1.54, 1.807) is 16.9 Å². The van der Waals surface area contributed by atoms with Crippen molar-refractivity contribution in [1.29, 1.82) is 0 Å². The second-order valence-electron chi connectivity index (χ2n) is 4.59. The van der Waals surface area contributed by atoms with E-state index in [4.69, 9.17) is 0 Å². The Morgan fingerprint density at radius 1 is 1.65 bits per heavy atom.